The number of nitrogens with zero attached hydrogens (tertiary/aromatic N) is 3. The van der Waals surface area contributed by atoms with Crippen molar-refractivity contribution in [3.8, 4) is 6.07 Å². The molecule has 10 nitrogen and oxygen atoms in total. The van der Waals surface area contributed by atoms with Gasteiger partial charge in [0.1, 0.15) is 11.1 Å². The average molecular weight is 450 g/mol. The smallest absolute Gasteiger partial charge is 0.308 e. The van der Waals surface area contributed by atoms with Crippen molar-refractivity contribution in [2.24, 2.45) is 5.16 Å². The van der Waals surface area contributed by atoms with Gasteiger partial charge in [0.2, 0.25) is 5.60 Å². The van der Waals surface area contributed by atoms with Crippen molar-refractivity contribution in [2.45, 2.75) is 18.4 Å². The van der Waals surface area contributed by atoms with Crippen molar-refractivity contribution in [3.05, 3.63) is 69.8 Å². The van der Waals surface area contributed by atoms with Crippen LogP contribution in [0.1, 0.15) is 24.0 Å². The van der Waals surface area contributed by atoms with Crippen molar-refractivity contribution >= 4 is 49.7 Å². The van der Waals surface area contributed by atoms with Crippen LogP contribution in [0.25, 0.3) is 10.1 Å². The number of hydrogen-bond donors (Lipinski definition) is 2. The molecule has 11 heteroatoms. The number of nitro groups is 1. The maximum absolute atomic E-state index is 13.2. The van der Waals surface area contributed by atoms with Gasteiger partial charge in [-0.2, -0.15) is 5.26 Å². The molecule has 0 fully saturated rings. The number of benzene rings is 2. The van der Waals surface area contributed by atoms with E-state index in [0.717, 1.165) is 4.70 Å². The predicted octanol–water partition coefficient (Wildman–Crippen LogP) is 3.66. The van der Waals surface area contributed by atoms with Gasteiger partial charge in [0.05, 0.1) is 22.6 Å². The summed E-state index contributed by atoms with van der Waals surface area (Å²) in [5.41, 5.74) is -1.22. The second-order valence-corrected chi connectivity index (χ2v) is 8.10. The average Bonchev–Trinajstić information content (AvgIpc) is 3.35. The summed E-state index contributed by atoms with van der Waals surface area (Å²) in [5, 5.41) is 37.4. The molecule has 0 bridgehead atoms. The van der Waals surface area contributed by atoms with Crippen LogP contribution in [0, 0.1) is 21.4 Å². The summed E-state index contributed by atoms with van der Waals surface area (Å²) >= 11 is 1.19. The number of nitrogens with one attached hydrogen (secondary N) is 1. The van der Waals surface area contributed by atoms with Gasteiger partial charge in [-0.05, 0) is 6.07 Å². The summed E-state index contributed by atoms with van der Waals surface area (Å²) in [6.45, 7) is 0. The Bertz CT molecular complexity index is 1340. The number of oxime groups is 1. The molecule has 0 saturated heterocycles. The lowest BCUT2D eigenvalue weighted by molar-refractivity contribution is -0.384. The van der Waals surface area contributed by atoms with Gasteiger partial charge in [-0.3, -0.25) is 19.7 Å². The molecule has 4 rings (SSSR count). The zero-order valence-corrected chi connectivity index (χ0v) is 17.1. The van der Waals surface area contributed by atoms with Crippen LogP contribution in [0.5, 0.6) is 0 Å². The van der Waals surface area contributed by atoms with E-state index in [2.05, 4.69) is 16.5 Å². The number of thiophene rings is 1. The molecule has 1 aliphatic heterocycles. The van der Waals surface area contributed by atoms with E-state index in [-0.39, 0.29) is 28.4 Å². The van der Waals surface area contributed by atoms with Gasteiger partial charge in [-0.25, -0.2) is 0 Å². The molecule has 0 radical (unpaired) electrons. The van der Waals surface area contributed by atoms with E-state index >= 15 is 0 Å². The lowest BCUT2D eigenvalue weighted by atomic mass is 9.90. The molecule has 1 aliphatic rings. The molecule has 0 saturated carbocycles. The van der Waals surface area contributed by atoms with Gasteiger partial charge >= 0.3 is 5.97 Å². The van der Waals surface area contributed by atoms with Crippen molar-refractivity contribution in [1.29, 1.82) is 5.26 Å². The van der Waals surface area contributed by atoms with Crippen LogP contribution in [-0.4, -0.2) is 33.2 Å². The number of hydrogen-bond acceptors (Lipinski definition) is 8. The number of carbonyl (C=O) groups excluding carboxylic acids is 1. The Balaban J connectivity index is 1.64. The second kappa shape index (κ2) is 8.09. The number of amides is 1. The summed E-state index contributed by atoms with van der Waals surface area (Å²) in [5.74, 6) is -2.06. The number of anilines is 1. The minimum atomic E-state index is -1.87. The maximum atomic E-state index is 13.2. The number of carboxylic acids is 1. The predicted molar refractivity (Wildman–Crippen MR) is 115 cm³/mol. The van der Waals surface area contributed by atoms with Gasteiger partial charge < -0.3 is 15.3 Å². The minimum absolute atomic E-state index is 0.172. The van der Waals surface area contributed by atoms with Crippen LogP contribution in [-0.2, 0) is 14.4 Å². The highest BCUT2D eigenvalue weighted by molar-refractivity contribution is 7.23. The molecule has 3 aromatic rings. The summed E-state index contributed by atoms with van der Waals surface area (Å²) in [4.78, 5) is 40.5. The van der Waals surface area contributed by atoms with Gasteiger partial charge in [-0.15, -0.1) is 11.3 Å². The van der Waals surface area contributed by atoms with E-state index in [1.54, 1.807) is 30.3 Å². The molecule has 2 heterocycles. The van der Waals surface area contributed by atoms with Gasteiger partial charge in [-0.1, -0.05) is 35.5 Å². The molecule has 1 aromatic heterocycles. The Morgan fingerprint density at radius 3 is 2.81 bits per heavy atom. The van der Waals surface area contributed by atoms with Crippen molar-refractivity contribution < 1.29 is 24.5 Å². The van der Waals surface area contributed by atoms with Crippen molar-refractivity contribution in [3.63, 3.8) is 0 Å². The molecule has 160 valence electrons. The van der Waals surface area contributed by atoms with E-state index in [1.807, 2.05) is 0 Å². The summed E-state index contributed by atoms with van der Waals surface area (Å²) < 4.78 is 0.785. The summed E-state index contributed by atoms with van der Waals surface area (Å²) in [6.07, 6.45) is -0.896. The van der Waals surface area contributed by atoms with E-state index in [4.69, 9.17) is 4.84 Å². The Morgan fingerprint density at radius 2 is 2.09 bits per heavy atom. The maximum Gasteiger partial charge on any atom is 0.308 e. The molecular weight excluding hydrogens is 436 g/mol. The Morgan fingerprint density at radius 1 is 1.31 bits per heavy atom. The van der Waals surface area contributed by atoms with Crippen LogP contribution in [0.3, 0.4) is 0 Å². The van der Waals surface area contributed by atoms with Crippen LogP contribution in [0.2, 0.25) is 0 Å². The summed E-state index contributed by atoms with van der Waals surface area (Å²) in [7, 11) is 0. The largest absolute Gasteiger partial charge is 0.481 e. The second-order valence-electron chi connectivity index (χ2n) is 7.05. The van der Waals surface area contributed by atoms with Crippen molar-refractivity contribution in [1.82, 2.24) is 0 Å². The molecular formula is C21H14N4O6S. The molecule has 1 unspecified atom stereocenters. The van der Waals surface area contributed by atoms with Crippen LogP contribution >= 0.6 is 11.3 Å². The molecule has 1 atom stereocenters. The Kier molecular flexibility index (Phi) is 5.29. The zero-order valence-electron chi connectivity index (χ0n) is 16.3. The molecule has 2 N–H and O–H groups in total. The van der Waals surface area contributed by atoms with E-state index in [1.165, 1.54) is 29.5 Å². The zero-order chi connectivity index (χ0) is 22.9. The Hall–Kier alpha value is -4.30. The first-order valence-corrected chi connectivity index (χ1v) is 10.1. The fourth-order valence-electron chi connectivity index (χ4n) is 3.43. The van der Waals surface area contributed by atoms with E-state index in [9.17, 15) is 30.1 Å². The first kappa shape index (κ1) is 21.0. The number of aliphatic carboxylic acids is 1. The highest BCUT2D eigenvalue weighted by Gasteiger charge is 2.49. The number of carbonyl (C=O) groups is 2. The number of rotatable bonds is 6. The molecule has 32 heavy (non-hydrogen) atoms. The molecule has 0 spiro atoms. The number of non-ortho nitro benzene ring substituents is 1. The number of fused-ring (bicyclic) bond motifs is 1. The van der Waals surface area contributed by atoms with Gasteiger partial charge in [0.15, 0.2) is 0 Å². The third kappa shape index (κ3) is 3.75. The third-order valence-electron chi connectivity index (χ3n) is 4.96. The number of carboxylic acid groups (broad SMARTS) is 1. The minimum Gasteiger partial charge on any atom is -0.481 e. The number of nitriles is 1. The first-order chi connectivity index (χ1) is 15.3. The SMILES string of the molecule is N#Cc1c(NC(=O)C2(CC(=O)O)CC(c3cccc([N+](=O)[O-])c3)=NO2)sc2ccccc12. The van der Waals surface area contributed by atoms with Crippen LogP contribution in [0.4, 0.5) is 10.7 Å². The van der Waals surface area contributed by atoms with E-state index < -0.39 is 28.8 Å². The fourth-order valence-corrected chi connectivity index (χ4v) is 4.48. The monoisotopic (exact) mass is 450 g/mol. The highest BCUT2D eigenvalue weighted by Crippen LogP contribution is 2.38. The molecule has 1 amide bonds. The lowest BCUT2D eigenvalue weighted by Crippen LogP contribution is -2.45. The van der Waals surface area contributed by atoms with Gasteiger partial charge in [0.25, 0.3) is 11.6 Å². The molecule has 2 aromatic carbocycles. The van der Waals surface area contributed by atoms with Crippen LogP contribution in [0.15, 0.2) is 53.7 Å². The fraction of sp³-hybridized carbons (Fsp3) is 0.143. The van der Waals surface area contributed by atoms with Crippen molar-refractivity contribution in [2.75, 3.05) is 5.32 Å². The van der Waals surface area contributed by atoms with E-state index in [0.29, 0.717) is 10.9 Å². The standard InChI is InChI=1S/C21H14N4O6S/c22-11-15-14-6-1-2-7-17(14)32-19(15)23-20(28)21(10-18(26)27)9-16(24-31-21)12-4-3-5-13(8-12)25(29)30/h1-8H,9-10H2,(H,23,28)(H,26,27). The lowest BCUT2D eigenvalue weighted by Gasteiger charge is -2.23. The van der Waals surface area contributed by atoms with Gasteiger partial charge in [0, 0.05) is 34.2 Å². The third-order valence-corrected chi connectivity index (χ3v) is 6.04. The first-order valence-electron chi connectivity index (χ1n) is 9.28. The normalized spacial score (nSPS) is 17.3. The quantitative estimate of drug-likeness (QED) is 0.429. The highest BCUT2D eigenvalue weighted by atomic mass is 32.1. The molecule has 0 aliphatic carbocycles. The summed E-state index contributed by atoms with van der Waals surface area (Å²) in [6, 6.07) is 14.8. The Labute approximate surface area is 184 Å². The topological polar surface area (TPSA) is 155 Å². The number of nitro benzene ring substituents is 1. The van der Waals surface area contributed by atoms with Crippen LogP contribution < -0.4 is 5.32 Å².